The van der Waals surface area contributed by atoms with Gasteiger partial charge < -0.3 is 0 Å². The van der Waals surface area contributed by atoms with Gasteiger partial charge in [0.2, 0.25) is 0 Å². The van der Waals surface area contributed by atoms with Crippen molar-refractivity contribution < 1.29 is 50.0 Å². The molecule has 2 heteroatoms. The van der Waals surface area contributed by atoms with Gasteiger partial charge in [-0.1, -0.05) is 0 Å². The van der Waals surface area contributed by atoms with E-state index in [0.717, 1.165) is 0 Å². The van der Waals surface area contributed by atoms with Gasteiger partial charge in [0.05, 0.1) is 0 Å². The molecule has 0 N–H and O–H groups in total. The average Bonchev–Trinajstić information content (AvgIpc) is 1.72. The zero-order valence-corrected chi connectivity index (χ0v) is 11.4. The van der Waals surface area contributed by atoms with Crippen molar-refractivity contribution in [1.29, 1.82) is 0 Å². The number of hydrogen-bond acceptors (Lipinski definition) is 0. The van der Waals surface area contributed by atoms with Crippen LogP contribution in [0.15, 0.2) is 30.3 Å². The Morgan fingerprint density at radius 1 is 0.875 bits per heavy atom. The Hall–Kier alpha value is 0.895. The molecule has 0 heterocycles. The molecule has 0 bridgehead atoms. The predicted molar refractivity (Wildman–Crippen MR) is 25.3 cm³/mol. The predicted octanol–water partition coefficient (Wildman–Crippen LogP) is 1.48. The van der Waals surface area contributed by atoms with Gasteiger partial charge in [0.15, 0.2) is 0 Å². The third kappa shape index (κ3) is 5.04. The van der Waals surface area contributed by atoms with Crippen LogP contribution in [0.25, 0.3) is 0 Å². The molecule has 0 spiro atoms. The van der Waals surface area contributed by atoms with E-state index in [-0.39, 0.29) is 50.0 Å². The average molecular weight is 386 g/mol. The molecule has 42 valence electrons. The Morgan fingerprint density at radius 2 is 1.38 bits per heavy atom. The van der Waals surface area contributed by atoms with Crippen molar-refractivity contribution in [3.05, 3.63) is 36.4 Å². The van der Waals surface area contributed by atoms with E-state index >= 15 is 0 Å². The van der Waals surface area contributed by atoms with Gasteiger partial charge >= 0.3 is 22.4 Å². The Labute approximate surface area is 85.7 Å². The molecule has 1 rings (SSSR count). The molecule has 0 fully saturated rings. The van der Waals surface area contributed by atoms with Gasteiger partial charge in [-0.2, -0.15) is 36.4 Å². The van der Waals surface area contributed by atoms with Crippen LogP contribution in [0, 0.1) is 6.07 Å². The maximum absolute atomic E-state index is 2.89. The van der Waals surface area contributed by atoms with Crippen LogP contribution in [0.5, 0.6) is 0 Å². The van der Waals surface area contributed by atoms with Gasteiger partial charge in [-0.3, -0.25) is 0 Å². The van der Waals surface area contributed by atoms with E-state index in [2.05, 4.69) is 6.07 Å². The molecule has 1 aromatic rings. The minimum atomic E-state index is 0. The Bertz CT molecular complexity index is 80.5. The molecule has 8 heavy (non-hydrogen) atoms. The quantitative estimate of drug-likeness (QED) is 0.469. The summed E-state index contributed by atoms with van der Waals surface area (Å²) >= 11 is 0. The summed E-state index contributed by atoms with van der Waals surface area (Å²) in [5.41, 5.74) is 0. The minimum absolute atomic E-state index is 0. The maximum Gasteiger partial charge on any atom is 1.00 e. The van der Waals surface area contributed by atoms with Crippen molar-refractivity contribution in [2.45, 2.75) is 0 Å². The van der Waals surface area contributed by atoms with Gasteiger partial charge in [-0.15, -0.1) is 0 Å². The normalized spacial score (nSPS) is 6.00. The van der Waals surface area contributed by atoms with Crippen LogP contribution in [-0.4, -0.2) is 0 Å². The molecule has 0 aliphatic rings. The zero-order valence-electron chi connectivity index (χ0n) is 4.40. The van der Waals surface area contributed by atoms with Crippen molar-refractivity contribution in [1.82, 2.24) is 0 Å². The topological polar surface area (TPSA) is 0 Å². The van der Waals surface area contributed by atoms with E-state index in [9.17, 15) is 0 Å². The Balaban J connectivity index is 0. The third-order valence-electron chi connectivity index (χ3n) is 0.607. The van der Waals surface area contributed by atoms with E-state index in [4.69, 9.17) is 0 Å². The molecule has 0 atom stereocenters. The van der Waals surface area contributed by atoms with E-state index in [0.29, 0.717) is 0 Å². The molecule has 0 nitrogen and oxygen atoms in total. The van der Waals surface area contributed by atoms with Crippen molar-refractivity contribution >= 4 is 0 Å². The summed E-state index contributed by atoms with van der Waals surface area (Å²) in [5.74, 6) is 0. The van der Waals surface area contributed by atoms with E-state index in [1.54, 1.807) is 0 Å². The third-order valence-corrected chi connectivity index (χ3v) is 0.607. The van der Waals surface area contributed by atoms with Crippen LogP contribution in [-0.2, 0) is 50.0 Å². The molecule has 0 unspecified atom stereocenters. The summed E-state index contributed by atoms with van der Waals surface area (Å²) in [5, 5.41) is 0. The summed E-state index contributed by atoms with van der Waals surface area (Å²) in [6, 6.07) is 12.5. The SMILES string of the molecule is [Ag+].[Hg].[c-]1ccccc1. The standard InChI is InChI=1S/C6H5.Ag.Hg/c1-2-4-6-5-3-1;;/h1-5H;;/q-1;+1;. The van der Waals surface area contributed by atoms with Crippen LogP contribution >= 0.6 is 0 Å². The number of hydrogen-bond donors (Lipinski definition) is 0. The fraction of sp³-hybridized carbons (Fsp3) is 0. The fourth-order valence-electron chi connectivity index (χ4n) is 0.342. The Morgan fingerprint density at radius 3 is 1.50 bits per heavy atom. The minimum Gasteiger partial charge on any atom is -0.184 e. The van der Waals surface area contributed by atoms with Gasteiger partial charge in [0.1, 0.15) is 0 Å². The second-order valence-corrected chi connectivity index (χ2v) is 1.08. The van der Waals surface area contributed by atoms with E-state index in [1.807, 2.05) is 30.3 Å². The first-order valence-electron chi connectivity index (χ1n) is 1.91. The Kier molecular flexibility index (Phi) is 11.5. The van der Waals surface area contributed by atoms with Gasteiger partial charge in [0.25, 0.3) is 0 Å². The molecule has 0 aliphatic carbocycles. The van der Waals surface area contributed by atoms with Crippen LogP contribution in [0.1, 0.15) is 0 Å². The van der Waals surface area contributed by atoms with Crippen LogP contribution in [0.2, 0.25) is 0 Å². The zero-order chi connectivity index (χ0) is 4.24. The first-order valence-corrected chi connectivity index (χ1v) is 1.91. The van der Waals surface area contributed by atoms with Crippen molar-refractivity contribution in [3.8, 4) is 0 Å². The monoisotopic (exact) mass is 386 g/mol. The molecular weight excluding hydrogens is 381 g/mol. The van der Waals surface area contributed by atoms with Crippen LogP contribution in [0.3, 0.4) is 0 Å². The second-order valence-electron chi connectivity index (χ2n) is 1.08. The largest absolute Gasteiger partial charge is 1.00 e. The van der Waals surface area contributed by atoms with E-state index in [1.165, 1.54) is 0 Å². The summed E-state index contributed by atoms with van der Waals surface area (Å²) in [6.45, 7) is 0. The molecular formula is C6H5AgHg. The van der Waals surface area contributed by atoms with Crippen LogP contribution < -0.4 is 0 Å². The van der Waals surface area contributed by atoms with Gasteiger partial charge in [0, 0.05) is 27.7 Å². The first kappa shape index (κ1) is 11.7. The van der Waals surface area contributed by atoms with Crippen molar-refractivity contribution in [3.63, 3.8) is 0 Å². The molecule has 0 saturated carbocycles. The summed E-state index contributed by atoms with van der Waals surface area (Å²) in [4.78, 5) is 0. The molecule has 0 amide bonds. The number of rotatable bonds is 0. The molecule has 0 aliphatic heterocycles. The molecule has 1 aromatic carbocycles. The smallest absolute Gasteiger partial charge is 0.184 e. The number of benzene rings is 1. The fourth-order valence-corrected chi connectivity index (χ4v) is 0.342. The van der Waals surface area contributed by atoms with Crippen molar-refractivity contribution in [2.24, 2.45) is 0 Å². The summed E-state index contributed by atoms with van der Waals surface area (Å²) in [6.07, 6.45) is 0. The summed E-state index contributed by atoms with van der Waals surface area (Å²) in [7, 11) is 0. The van der Waals surface area contributed by atoms with Gasteiger partial charge in [-0.25, -0.2) is 0 Å². The first-order chi connectivity index (χ1) is 3.00. The van der Waals surface area contributed by atoms with E-state index < -0.39 is 0 Å². The summed E-state index contributed by atoms with van der Waals surface area (Å²) < 4.78 is 0. The van der Waals surface area contributed by atoms with Crippen LogP contribution in [0.4, 0.5) is 0 Å². The molecule has 0 saturated heterocycles. The second kappa shape index (κ2) is 7.90. The molecule has 0 radical (unpaired) electrons. The van der Waals surface area contributed by atoms with Crippen molar-refractivity contribution in [2.75, 3.05) is 0 Å². The van der Waals surface area contributed by atoms with Gasteiger partial charge in [-0.05, 0) is 0 Å². The molecule has 0 aromatic heterocycles. The maximum atomic E-state index is 2.89.